The molecule has 0 aliphatic heterocycles. The number of aromatic nitrogens is 6. The Labute approximate surface area is 547 Å². The predicted octanol–water partition coefficient (Wildman–Crippen LogP) is 14.6. The second kappa shape index (κ2) is 19.9. The molecule has 21 aromatic rings. The van der Waals surface area contributed by atoms with Crippen LogP contribution in [0.15, 0.2) is 294 Å². The quantitative estimate of drug-likeness (QED) is 0.122. The number of pyridine rings is 10. The topological polar surface area (TPSA) is 180 Å². The van der Waals surface area contributed by atoms with Gasteiger partial charge in [-0.25, -0.2) is 0 Å². The van der Waals surface area contributed by atoms with Crippen LogP contribution in [0.4, 0.5) is 0 Å². The molecule has 0 amide bonds. The zero-order valence-corrected chi connectivity index (χ0v) is 51.2. The highest BCUT2D eigenvalue weighted by Crippen LogP contribution is 2.36. The van der Waals surface area contributed by atoms with Crippen molar-refractivity contribution < 1.29 is 0 Å². The van der Waals surface area contributed by atoms with Crippen LogP contribution in [-0.2, 0) is 0 Å². The molecule has 0 atom stereocenters. The summed E-state index contributed by atoms with van der Waals surface area (Å²) < 4.78 is 8.02. The molecule has 456 valence electrons. The molecule has 14 nitrogen and oxygen atoms in total. The van der Waals surface area contributed by atoms with Crippen LogP contribution in [0.3, 0.4) is 0 Å². The van der Waals surface area contributed by atoms with Gasteiger partial charge in [0.1, 0.15) is 0 Å². The highest BCUT2D eigenvalue weighted by molar-refractivity contribution is 6.13. The lowest BCUT2D eigenvalue weighted by Gasteiger charge is -2.16. The average molecular weight is 1260 g/mol. The molecule has 0 saturated carbocycles. The van der Waals surface area contributed by atoms with E-state index in [1.165, 1.54) is 24.8 Å². The first-order valence-electron chi connectivity index (χ1n) is 31.8. The molecule has 98 heavy (non-hydrogen) atoms. The maximum absolute atomic E-state index is 14.0. The van der Waals surface area contributed by atoms with Crippen molar-refractivity contribution in [2.75, 3.05) is 0 Å². The molecule has 0 fully saturated rings. The molecule has 0 radical (unpaired) electrons. The van der Waals surface area contributed by atoms with Crippen LogP contribution in [0.5, 0.6) is 0 Å². The summed E-state index contributed by atoms with van der Waals surface area (Å²) >= 11 is 0. The molecule has 0 saturated heterocycles. The van der Waals surface area contributed by atoms with Crippen LogP contribution >= 0.6 is 0 Å². The first-order chi connectivity index (χ1) is 48.0. The summed E-state index contributed by atoms with van der Waals surface area (Å²) in [6.45, 7) is 0. The average Bonchev–Trinajstić information content (AvgIpc) is 0.732. The summed E-state index contributed by atoms with van der Waals surface area (Å²) in [4.78, 5) is 118. The molecule has 10 heterocycles. The van der Waals surface area contributed by atoms with Gasteiger partial charge in [-0.2, -0.15) is 0 Å². The van der Waals surface area contributed by atoms with Gasteiger partial charge in [-0.1, -0.05) is 109 Å². The summed E-state index contributed by atoms with van der Waals surface area (Å²) in [5.74, 6) is 0. The molecule has 10 aromatic heterocycles. The third kappa shape index (κ3) is 7.33. The number of rotatable bonds is 3. The minimum Gasteiger partial charge on any atom is -0.308 e. The Hall–Kier alpha value is -13.7. The van der Waals surface area contributed by atoms with E-state index in [4.69, 9.17) is 0 Å². The first-order valence-corrected chi connectivity index (χ1v) is 31.8. The third-order valence-electron chi connectivity index (χ3n) is 20.1. The Morgan fingerprint density at radius 2 is 0.367 bits per heavy atom. The fourth-order valence-corrected chi connectivity index (χ4v) is 15.7. The second-order valence-electron chi connectivity index (χ2n) is 25.1. The molecule has 21 rings (SSSR count). The smallest absolute Gasteiger partial charge is 0.198 e. The molecule has 11 aromatic carbocycles. The van der Waals surface area contributed by atoms with Gasteiger partial charge < -0.3 is 17.6 Å². The Morgan fingerprint density at radius 1 is 0.173 bits per heavy atom. The summed E-state index contributed by atoms with van der Waals surface area (Å²) in [6, 6.07) is 71.8. The Bertz CT molecular complexity index is 7300. The Morgan fingerprint density at radius 3 is 0.653 bits per heavy atom. The lowest BCUT2D eigenvalue weighted by Crippen LogP contribution is -2.14. The zero-order valence-electron chi connectivity index (χ0n) is 51.2. The normalized spacial score (nSPS) is 12.2. The van der Waals surface area contributed by atoms with Crippen molar-refractivity contribution in [3.63, 3.8) is 0 Å². The van der Waals surface area contributed by atoms with Gasteiger partial charge in [0.15, 0.2) is 43.4 Å². The van der Waals surface area contributed by atoms with Crippen LogP contribution in [0.2, 0.25) is 0 Å². The second-order valence-corrected chi connectivity index (χ2v) is 25.1. The van der Waals surface area contributed by atoms with E-state index in [0.717, 1.165) is 55.4 Å². The fourth-order valence-electron chi connectivity index (χ4n) is 15.7. The van der Waals surface area contributed by atoms with Crippen LogP contribution < -0.4 is 43.4 Å². The number of fused-ring (bicyclic) bond motifs is 16. The lowest BCUT2D eigenvalue weighted by atomic mass is 9.96. The third-order valence-corrected chi connectivity index (χ3v) is 20.1. The van der Waals surface area contributed by atoms with E-state index < -0.39 is 0 Å². The predicted molar refractivity (Wildman–Crippen MR) is 394 cm³/mol. The molecule has 0 spiro atoms. The summed E-state index contributed by atoms with van der Waals surface area (Å²) in [5, 5.41) is 8.03. The number of hydrogen-bond acceptors (Lipinski definition) is 10. The molecule has 0 aliphatic rings. The van der Waals surface area contributed by atoms with Crippen molar-refractivity contribution in [2.24, 2.45) is 0 Å². The monoisotopic (exact) mass is 1260 g/mol. The molecular formula is C84H42N6O8. The van der Waals surface area contributed by atoms with E-state index in [0.29, 0.717) is 130 Å². The highest BCUT2D eigenvalue weighted by atomic mass is 16.1. The summed E-state index contributed by atoms with van der Waals surface area (Å²) in [7, 11) is 0. The van der Waals surface area contributed by atoms with Gasteiger partial charge in [0.2, 0.25) is 0 Å². The van der Waals surface area contributed by atoms with E-state index in [1.807, 2.05) is 200 Å². The first kappa shape index (κ1) is 54.8. The number of hydrogen-bond donors (Lipinski definition) is 0. The standard InChI is InChI=1S/C46H24N2O4.C38H18N4O4/c49-43-29-7-1-3-13-37(29)47-39-21-19-27(23-35(39)45(51)33-11-5-9-31(43)41(33)47)25-15-17-26(18-16-25)28-20-22-40-36(24-28)46(52)34-12-6-10-32-42(34)48(40)38-14-4-2-8-30(38)44(32)50;43-35-21-5-1-3-7-29(21)41-31-11-9-19(13-23(31)37(45)27-17-39-15-25(35)33(27)41)20-10-12-32-24(14-20)38(46)28-18-40-16-26-34(28)42(32)30-8-4-2-6-22(30)36(26)44/h1-24H;1-18H. The van der Waals surface area contributed by atoms with E-state index in [2.05, 4.69) is 9.97 Å². The molecule has 14 heteroatoms. The largest absolute Gasteiger partial charge is 0.308 e. The molecule has 0 N–H and O–H groups in total. The van der Waals surface area contributed by atoms with Gasteiger partial charge in [-0.3, -0.25) is 48.3 Å². The molecular weight excluding hydrogens is 1220 g/mol. The number of benzene rings is 11. The van der Waals surface area contributed by atoms with Gasteiger partial charge >= 0.3 is 0 Å². The number of para-hydroxylation sites is 6. The van der Waals surface area contributed by atoms with E-state index in [9.17, 15) is 38.4 Å². The lowest BCUT2D eigenvalue weighted by molar-refractivity contribution is 1.28. The molecule has 0 aliphatic carbocycles. The van der Waals surface area contributed by atoms with Crippen LogP contribution in [-0.4, -0.2) is 27.6 Å². The maximum Gasteiger partial charge on any atom is 0.198 e. The van der Waals surface area contributed by atoms with Gasteiger partial charge in [-0.15, -0.1) is 0 Å². The van der Waals surface area contributed by atoms with Gasteiger partial charge in [0.05, 0.1) is 87.7 Å². The Balaban J connectivity index is 0.000000134. The van der Waals surface area contributed by atoms with Crippen molar-refractivity contribution in [2.45, 2.75) is 0 Å². The fraction of sp³-hybridized carbons (Fsp3) is 0. The summed E-state index contributed by atoms with van der Waals surface area (Å²) in [5.41, 5.74) is 12.2. The van der Waals surface area contributed by atoms with E-state index in [1.54, 1.807) is 48.5 Å². The Kier molecular flexibility index (Phi) is 11.1. The SMILES string of the molecule is O=c1c2ccccc2n2c3ccc(-c4ccc(-c5ccc6c(c5)c(=O)c5cccc7c(=O)c8ccccc8n6c75)cc4)cc3c(=O)c3cccc1c32.O=c1c2ccccc2n2c3ccc(-c4ccc5c(c4)c(=O)c4cncc6c(=O)c7ccccc7n5c64)cc3c(=O)c3cncc1c32. The molecule has 0 unspecified atom stereocenters. The van der Waals surface area contributed by atoms with Crippen LogP contribution in [0.25, 0.3) is 186 Å². The van der Waals surface area contributed by atoms with Crippen molar-refractivity contribution in [1.82, 2.24) is 27.6 Å². The maximum atomic E-state index is 14.0. The van der Waals surface area contributed by atoms with Crippen molar-refractivity contribution in [3.05, 3.63) is 337 Å². The van der Waals surface area contributed by atoms with E-state index in [-0.39, 0.29) is 43.4 Å². The van der Waals surface area contributed by atoms with Crippen LogP contribution in [0.1, 0.15) is 0 Å². The van der Waals surface area contributed by atoms with E-state index >= 15 is 0 Å². The van der Waals surface area contributed by atoms with Crippen LogP contribution in [0, 0.1) is 0 Å². The van der Waals surface area contributed by atoms with Crippen molar-refractivity contribution in [1.29, 1.82) is 0 Å². The van der Waals surface area contributed by atoms with Crippen molar-refractivity contribution >= 4 is 152 Å². The minimum atomic E-state index is -0.221. The zero-order chi connectivity index (χ0) is 65.7. The highest BCUT2D eigenvalue weighted by Gasteiger charge is 2.23. The van der Waals surface area contributed by atoms with Gasteiger partial charge in [-0.05, 0) is 155 Å². The van der Waals surface area contributed by atoms with Gasteiger partial charge in [0, 0.05) is 89.4 Å². The van der Waals surface area contributed by atoms with Gasteiger partial charge in [0.25, 0.3) is 0 Å². The number of nitrogens with zero attached hydrogens (tertiary/aromatic N) is 6. The summed E-state index contributed by atoms with van der Waals surface area (Å²) in [6.07, 6.45) is 6.08. The van der Waals surface area contributed by atoms with Crippen molar-refractivity contribution in [3.8, 4) is 33.4 Å². The molecule has 0 bridgehead atoms. The minimum absolute atomic E-state index is 0.0766.